The standard InChI is InChI=1S/C30H43NO2/c1-3-5-7-9-10-11-12-15-19-25-23-28-27(22-24(25)18-14-8-6-4-2)29(32)31(30(28)33)26-20-16-13-17-21-26/h12-13,15-17,20-21,27-28H,3-11,14,18-19,22-23H2,1-2H3/b15-12+. The molecule has 0 aromatic heterocycles. The van der Waals surface area contributed by atoms with Crippen LogP contribution in [0.5, 0.6) is 0 Å². The topological polar surface area (TPSA) is 37.4 Å². The zero-order chi connectivity index (χ0) is 23.5. The van der Waals surface area contributed by atoms with Gasteiger partial charge in [0, 0.05) is 0 Å². The highest BCUT2D eigenvalue weighted by molar-refractivity contribution is 6.22. The van der Waals surface area contributed by atoms with Crippen LogP contribution in [0.4, 0.5) is 5.69 Å². The van der Waals surface area contributed by atoms with E-state index in [1.807, 2.05) is 30.3 Å². The summed E-state index contributed by atoms with van der Waals surface area (Å²) in [7, 11) is 0. The van der Waals surface area contributed by atoms with Gasteiger partial charge in [-0.1, -0.05) is 100 Å². The molecule has 0 saturated carbocycles. The summed E-state index contributed by atoms with van der Waals surface area (Å²) in [6, 6.07) is 9.46. The number of amides is 2. The molecule has 3 rings (SSSR count). The molecule has 180 valence electrons. The highest BCUT2D eigenvalue weighted by Gasteiger charge is 2.50. The Labute approximate surface area is 201 Å². The molecule has 2 atom stereocenters. The van der Waals surface area contributed by atoms with Crippen molar-refractivity contribution in [2.45, 2.75) is 104 Å². The smallest absolute Gasteiger partial charge is 0.238 e. The van der Waals surface area contributed by atoms with Crippen LogP contribution in [0.2, 0.25) is 0 Å². The summed E-state index contributed by atoms with van der Waals surface area (Å²) in [5.41, 5.74) is 3.60. The Morgan fingerprint density at radius 2 is 1.36 bits per heavy atom. The third-order valence-electron chi connectivity index (χ3n) is 7.35. The Kier molecular flexibility index (Phi) is 10.4. The van der Waals surface area contributed by atoms with E-state index in [-0.39, 0.29) is 23.7 Å². The molecule has 0 bridgehead atoms. The molecule has 0 N–H and O–H groups in total. The van der Waals surface area contributed by atoms with Crippen molar-refractivity contribution in [1.82, 2.24) is 0 Å². The number of anilines is 1. The van der Waals surface area contributed by atoms with Gasteiger partial charge < -0.3 is 0 Å². The Bertz CT molecular complexity index is 823. The van der Waals surface area contributed by atoms with Crippen LogP contribution >= 0.6 is 0 Å². The van der Waals surface area contributed by atoms with Gasteiger partial charge in [-0.25, -0.2) is 0 Å². The summed E-state index contributed by atoms with van der Waals surface area (Å²) >= 11 is 0. The maximum Gasteiger partial charge on any atom is 0.238 e. The molecule has 33 heavy (non-hydrogen) atoms. The SMILES string of the molecule is CCCCCCC/C=C/CC1=C(CCCCCC)CC2C(=O)N(c3ccccc3)C(=O)C2C1. The number of rotatable bonds is 14. The normalized spacial score (nSPS) is 20.8. The molecule has 0 spiro atoms. The molecule has 3 heteroatoms. The average molecular weight is 450 g/mol. The number of allylic oxidation sites excluding steroid dienone is 4. The minimum absolute atomic E-state index is 0.00126. The van der Waals surface area contributed by atoms with Crippen LogP contribution in [-0.2, 0) is 9.59 Å². The van der Waals surface area contributed by atoms with Crippen molar-refractivity contribution in [2.24, 2.45) is 11.8 Å². The summed E-state index contributed by atoms with van der Waals surface area (Å²) < 4.78 is 0. The van der Waals surface area contributed by atoms with Crippen LogP contribution < -0.4 is 4.90 Å². The first-order valence-electron chi connectivity index (χ1n) is 13.4. The lowest BCUT2D eigenvalue weighted by atomic mass is 9.75. The van der Waals surface area contributed by atoms with Crippen molar-refractivity contribution in [2.75, 3.05) is 4.90 Å². The van der Waals surface area contributed by atoms with Crippen molar-refractivity contribution < 1.29 is 9.59 Å². The van der Waals surface area contributed by atoms with E-state index in [9.17, 15) is 9.59 Å². The highest BCUT2D eigenvalue weighted by Crippen LogP contribution is 2.44. The average Bonchev–Trinajstić information content (AvgIpc) is 3.08. The van der Waals surface area contributed by atoms with Crippen molar-refractivity contribution in [3.05, 3.63) is 53.6 Å². The van der Waals surface area contributed by atoms with Crippen LogP contribution in [0.1, 0.15) is 104 Å². The van der Waals surface area contributed by atoms with Gasteiger partial charge in [0.1, 0.15) is 0 Å². The minimum atomic E-state index is -0.186. The molecule has 0 radical (unpaired) electrons. The summed E-state index contributed by atoms with van der Waals surface area (Å²) in [4.78, 5) is 28.0. The van der Waals surface area contributed by atoms with Crippen LogP contribution in [0.25, 0.3) is 0 Å². The van der Waals surface area contributed by atoms with Gasteiger partial charge >= 0.3 is 0 Å². The number of nitrogens with zero attached hydrogens (tertiary/aromatic N) is 1. The summed E-state index contributed by atoms with van der Waals surface area (Å²) in [5, 5.41) is 0. The monoisotopic (exact) mass is 449 g/mol. The Hall–Kier alpha value is -2.16. The molecule has 2 amide bonds. The zero-order valence-electron chi connectivity index (χ0n) is 20.9. The number of carbonyl (C=O) groups excluding carboxylic acids is 2. The number of hydrogen-bond donors (Lipinski definition) is 0. The molecule has 2 aliphatic rings. The molecule has 1 aliphatic carbocycles. The van der Waals surface area contributed by atoms with Crippen LogP contribution in [0.15, 0.2) is 53.6 Å². The Morgan fingerprint density at radius 3 is 2.03 bits per heavy atom. The van der Waals surface area contributed by atoms with E-state index in [4.69, 9.17) is 0 Å². The van der Waals surface area contributed by atoms with E-state index in [1.54, 1.807) is 0 Å². The van der Waals surface area contributed by atoms with Crippen molar-refractivity contribution >= 4 is 17.5 Å². The van der Waals surface area contributed by atoms with Crippen molar-refractivity contribution in [3.8, 4) is 0 Å². The molecule has 1 saturated heterocycles. The van der Waals surface area contributed by atoms with E-state index in [2.05, 4.69) is 26.0 Å². The number of benzene rings is 1. The summed E-state index contributed by atoms with van der Waals surface area (Å²) in [5.74, 6) is -0.359. The highest BCUT2D eigenvalue weighted by atomic mass is 16.2. The van der Waals surface area contributed by atoms with E-state index in [0.29, 0.717) is 0 Å². The second-order valence-corrected chi connectivity index (χ2v) is 9.86. The number of para-hydroxylation sites is 1. The lowest BCUT2D eigenvalue weighted by Crippen LogP contribution is -2.30. The molecule has 1 aromatic carbocycles. The lowest BCUT2D eigenvalue weighted by molar-refractivity contribution is -0.122. The lowest BCUT2D eigenvalue weighted by Gasteiger charge is -2.27. The van der Waals surface area contributed by atoms with Gasteiger partial charge in [0.05, 0.1) is 17.5 Å². The van der Waals surface area contributed by atoms with Gasteiger partial charge in [-0.3, -0.25) is 14.5 Å². The number of unbranched alkanes of at least 4 members (excludes halogenated alkanes) is 8. The molecule has 2 unspecified atom stereocenters. The van der Waals surface area contributed by atoms with Crippen LogP contribution in [-0.4, -0.2) is 11.8 Å². The van der Waals surface area contributed by atoms with Crippen LogP contribution in [0.3, 0.4) is 0 Å². The van der Waals surface area contributed by atoms with E-state index in [1.165, 1.54) is 73.8 Å². The first-order chi connectivity index (χ1) is 16.2. The van der Waals surface area contributed by atoms with Crippen molar-refractivity contribution in [3.63, 3.8) is 0 Å². The quantitative estimate of drug-likeness (QED) is 0.163. The second-order valence-electron chi connectivity index (χ2n) is 9.86. The predicted octanol–water partition coefficient (Wildman–Crippen LogP) is 8.16. The van der Waals surface area contributed by atoms with Gasteiger partial charge in [0.2, 0.25) is 11.8 Å². The largest absolute Gasteiger partial charge is 0.274 e. The number of hydrogen-bond acceptors (Lipinski definition) is 2. The van der Waals surface area contributed by atoms with E-state index < -0.39 is 0 Å². The molecular weight excluding hydrogens is 406 g/mol. The van der Waals surface area contributed by atoms with Gasteiger partial charge in [-0.05, 0) is 57.1 Å². The maximum atomic E-state index is 13.3. The zero-order valence-corrected chi connectivity index (χ0v) is 20.9. The van der Waals surface area contributed by atoms with Gasteiger partial charge in [0.15, 0.2) is 0 Å². The van der Waals surface area contributed by atoms with Gasteiger partial charge in [-0.15, -0.1) is 0 Å². The maximum absolute atomic E-state index is 13.3. The molecule has 1 heterocycles. The summed E-state index contributed by atoms with van der Waals surface area (Å²) in [6.45, 7) is 4.49. The van der Waals surface area contributed by atoms with Crippen molar-refractivity contribution in [1.29, 1.82) is 0 Å². The van der Waals surface area contributed by atoms with E-state index in [0.717, 1.165) is 37.8 Å². The third-order valence-corrected chi connectivity index (χ3v) is 7.35. The van der Waals surface area contributed by atoms with Gasteiger partial charge in [-0.2, -0.15) is 0 Å². The number of imide groups is 1. The fourth-order valence-electron chi connectivity index (χ4n) is 5.38. The minimum Gasteiger partial charge on any atom is -0.274 e. The Balaban J connectivity index is 1.66. The van der Waals surface area contributed by atoms with E-state index >= 15 is 0 Å². The first-order valence-corrected chi connectivity index (χ1v) is 13.4. The number of fused-ring (bicyclic) bond motifs is 1. The molecule has 3 nitrogen and oxygen atoms in total. The fraction of sp³-hybridized carbons (Fsp3) is 0.600. The molecule has 1 aliphatic heterocycles. The predicted molar refractivity (Wildman–Crippen MR) is 138 cm³/mol. The molecule has 1 aromatic rings. The first kappa shape index (κ1) is 25.5. The second kappa shape index (κ2) is 13.5. The third kappa shape index (κ3) is 6.91. The Morgan fingerprint density at radius 1 is 0.758 bits per heavy atom. The molecular formula is C30H43NO2. The van der Waals surface area contributed by atoms with Gasteiger partial charge in [0.25, 0.3) is 0 Å². The number of carbonyl (C=O) groups is 2. The van der Waals surface area contributed by atoms with Crippen LogP contribution in [0, 0.1) is 11.8 Å². The summed E-state index contributed by atoms with van der Waals surface area (Å²) in [6.07, 6.45) is 20.8. The fourth-order valence-corrected chi connectivity index (χ4v) is 5.38. The molecule has 1 fully saturated rings.